The van der Waals surface area contributed by atoms with Crippen molar-refractivity contribution in [2.24, 2.45) is 0 Å². The molecule has 0 unspecified atom stereocenters. The number of benzene rings is 1. The Bertz CT molecular complexity index is 634. The van der Waals surface area contributed by atoms with E-state index in [9.17, 15) is 0 Å². The van der Waals surface area contributed by atoms with Gasteiger partial charge in [0.05, 0.1) is 0 Å². The summed E-state index contributed by atoms with van der Waals surface area (Å²) in [6.07, 6.45) is 3.69. The number of halogens is 1. The highest BCUT2D eigenvalue weighted by Gasteiger charge is 2.11. The zero-order chi connectivity index (χ0) is 11.1. The Morgan fingerprint density at radius 1 is 1.25 bits per heavy atom. The third kappa shape index (κ3) is 1.32. The maximum Gasteiger partial charge on any atom is 0.161 e. The summed E-state index contributed by atoms with van der Waals surface area (Å²) in [5.41, 5.74) is 4.30. The Labute approximate surface area is 97.7 Å². The third-order valence-corrected chi connectivity index (χ3v) is 2.91. The number of aromatic nitrogens is 3. The van der Waals surface area contributed by atoms with Gasteiger partial charge < -0.3 is 0 Å². The van der Waals surface area contributed by atoms with Gasteiger partial charge in [0.25, 0.3) is 0 Å². The zero-order valence-electron chi connectivity index (χ0n) is 8.74. The van der Waals surface area contributed by atoms with Crippen molar-refractivity contribution in [3.05, 3.63) is 47.4 Å². The number of nitrogens with zero attached hydrogens (tertiary/aromatic N) is 2. The average Bonchev–Trinajstić information content (AvgIpc) is 2.79. The van der Waals surface area contributed by atoms with E-state index in [1.54, 1.807) is 6.20 Å². The van der Waals surface area contributed by atoms with Gasteiger partial charge >= 0.3 is 0 Å². The predicted molar refractivity (Wildman–Crippen MR) is 64.7 cm³/mol. The van der Waals surface area contributed by atoms with Crippen LogP contribution in [0.2, 0.25) is 5.02 Å². The molecule has 2 heterocycles. The minimum Gasteiger partial charge on any atom is -0.297 e. The van der Waals surface area contributed by atoms with Crippen molar-refractivity contribution < 1.29 is 0 Å². The molecule has 2 aromatic heterocycles. The van der Waals surface area contributed by atoms with Crippen LogP contribution in [0, 0.1) is 6.92 Å². The van der Waals surface area contributed by atoms with E-state index in [-0.39, 0.29) is 0 Å². The van der Waals surface area contributed by atoms with Crippen LogP contribution in [0.3, 0.4) is 0 Å². The van der Waals surface area contributed by atoms with Crippen LogP contribution in [0.1, 0.15) is 5.69 Å². The summed E-state index contributed by atoms with van der Waals surface area (Å²) in [5, 5.41) is 3.99. The zero-order valence-corrected chi connectivity index (χ0v) is 9.49. The van der Waals surface area contributed by atoms with Crippen molar-refractivity contribution in [1.29, 1.82) is 0 Å². The lowest BCUT2D eigenvalue weighted by Crippen LogP contribution is -1.80. The largest absolute Gasteiger partial charge is 0.297 e. The molecule has 3 aromatic rings. The summed E-state index contributed by atoms with van der Waals surface area (Å²) in [7, 11) is 0. The van der Waals surface area contributed by atoms with Gasteiger partial charge in [0.1, 0.15) is 0 Å². The van der Waals surface area contributed by atoms with E-state index in [2.05, 4.69) is 10.1 Å². The van der Waals surface area contributed by atoms with E-state index in [0.717, 1.165) is 27.5 Å². The number of rotatable bonds is 1. The number of H-pyrrole nitrogens is 1. The van der Waals surface area contributed by atoms with Crippen LogP contribution in [-0.4, -0.2) is 14.6 Å². The first kappa shape index (κ1) is 9.48. The summed E-state index contributed by atoms with van der Waals surface area (Å²) in [5.74, 6) is 0. The number of aryl methyl sites for hydroxylation is 1. The molecule has 0 aliphatic heterocycles. The summed E-state index contributed by atoms with van der Waals surface area (Å²) in [6, 6.07) is 7.80. The summed E-state index contributed by atoms with van der Waals surface area (Å²) in [4.78, 5) is 4.34. The lowest BCUT2D eigenvalue weighted by atomic mass is 10.1. The molecule has 0 bridgehead atoms. The van der Waals surface area contributed by atoms with Gasteiger partial charge in [0.15, 0.2) is 5.65 Å². The topological polar surface area (TPSA) is 33.1 Å². The van der Waals surface area contributed by atoms with Crippen LogP contribution in [0.4, 0.5) is 0 Å². The average molecular weight is 232 g/mol. The number of imidazole rings is 1. The lowest BCUT2D eigenvalue weighted by molar-refractivity contribution is 0.945. The maximum atomic E-state index is 5.88. The highest BCUT2D eigenvalue weighted by Crippen LogP contribution is 2.27. The third-order valence-electron chi connectivity index (χ3n) is 2.66. The summed E-state index contributed by atoms with van der Waals surface area (Å²) >= 11 is 5.88. The number of hydrogen-bond donors (Lipinski definition) is 1. The van der Waals surface area contributed by atoms with Crippen LogP contribution in [-0.2, 0) is 0 Å². The Kier molecular flexibility index (Phi) is 2.01. The molecule has 0 amide bonds. The standard InChI is InChI=1S/C12H10ClN3/c1-8-11(9-2-4-10(13)5-3-9)12-14-6-7-16(12)15-8/h2-7,15H,1H3. The molecule has 80 valence electrons. The van der Waals surface area contributed by atoms with Crippen molar-refractivity contribution in [2.45, 2.75) is 6.92 Å². The van der Waals surface area contributed by atoms with E-state index in [0.29, 0.717) is 0 Å². The molecule has 0 atom stereocenters. The van der Waals surface area contributed by atoms with Crippen molar-refractivity contribution >= 4 is 17.2 Å². The molecule has 1 N–H and O–H groups in total. The van der Waals surface area contributed by atoms with Gasteiger partial charge in [-0.25, -0.2) is 9.50 Å². The van der Waals surface area contributed by atoms with Crippen LogP contribution < -0.4 is 0 Å². The summed E-state index contributed by atoms with van der Waals surface area (Å²) < 4.78 is 1.92. The second kappa shape index (κ2) is 3.39. The fourth-order valence-electron chi connectivity index (χ4n) is 1.95. The molecular weight excluding hydrogens is 222 g/mol. The van der Waals surface area contributed by atoms with Gasteiger partial charge in [-0.15, -0.1) is 0 Å². The first-order valence-corrected chi connectivity index (χ1v) is 5.41. The number of fused-ring (bicyclic) bond motifs is 1. The number of aromatic amines is 1. The monoisotopic (exact) mass is 231 g/mol. The van der Waals surface area contributed by atoms with Crippen molar-refractivity contribution in [3.63, 3.8) is 0 Å². The molecule has 0 fully saturated rings. The van der Waals surface area contributed by atoms with Crippen LogP contribution >= 0.6 is 11.6 Å². The lowest BCUT2D eigenvalue weighted by Gasteiger charge is -1.99. The molecule has 1 aromatic carbocycles. The predicted octanol–water partition coefficient (Wildman–Crippen LogP) is 3.29. The first-order valence-electron chi connectivity index (χ1n) is 5.03. The molecule has 3 nitrogen and oxygen atoms in total. The second-order valence-corrected chi connectivity index (χ2v) is 4.18. The smallest absolute Gasteiger partial charge is 0.161 e. The minimum atomic E-state index is 0.747. The van der Waals surface area contributed by atoms with Crippen LogP contribution in [0.25, 0.3) is 16.8 Å². The molecule has 0 radical (unpaired) electrons. The maximum absolute atomic E-state index is 5.88. The number of nitrogens with one attached hydrogen (secondary N) is 1. The molecule has 4 heteroatoms. The molecule has 3 rings (SSSR count). The molecule has 0 saturated heterocycles. The highest BCUT2D eigenvalue weighted by atomic mass is 35.5. The van der Waals surface area contributed by atoms with Crippen LogP contribution in [0.15, 0.2) is 36.7 Å². The highest BCUT2D eigenvalue weighted by molar-refractivity contribution is 6.30. The Morgan fingerprint density at radius 3 is 2.75 bits per heavy atom. The molecule has 0 aliphatic rings. The molecule has 0 spiro atoms. The van der Waals surface area contributed by atoms with Crippen molar-refractivity contribution in [3.8, 4) is 11.1 Å². The second-order valence-electron chi connectivity index (χ2n) is 3.74. The van der Waals surface area contributed by atoms with Gasteiger partial charge in [-0.2, -0.15) is 0 Å². The Morgan fingerprint density at radius 2 is 2.00 bits per heavy atom. The van der Waals surface area contributed by atoms with E-state index >= 15 is 0 Å². The van der Waals surface area contributed by atoms with Gasteiger partial charge in [-0.3, -0.25) is 5.10 Å². The van der Waals surface area contributed by atoms with E-state index < -0.39 is 0 Å². The fourth-order valence-corrected chi connectivity index (χ4v) is 2.07. The van der Waals surface area contributed by atoms with E-state index in [4.69, 9.17) is 11.6 Å². The van der Waals surface area contributed by atoms with Gasteiger partial charge in [-0.05, 0) is 24.6 Å². The minimum absolute atomic E-state index is 0.747. The first-order chi connectivity index (χ1) is 7.75. The normalized spacial score (nSPS) is 11.1. The summed E-state index contributed by atoms with van der Waals surface area (Å²) in [6.45, 7) is 2.04. The Balaban J connectivity index is 2.28. The quantitative estimate of drug-likeness (QED) is 0.685. The van der Waals surface area contributed by atoms with Gasteiger partial charge in [0.2, 0.25) is 0 Å². The molecule has 0 saturated carbocycles. The van der Waals surface area contributed by atoms with Crippen molar-refractivity contribution in [2.75, 3.05) is 0 Å². The Hall–Kier alpha value is -1.74. The number of hydrogen-bond acceptors (Lipinski definition) is 1. The van der Waals surface area contributed by atoms with Gasteiger partial charge in [0, 0.05) is 28.7 Å². The SMILES string of the molecule is Cc1[nH]n2ccnc2c1-c1ccc(Cl)cc1. The fraction of sp³-hybridized carbons (Fsp3) is 0.0833. The molecule has 0 aliphatic carbocycles. The van der Waals surface area contributed by atoms with Gasteiger partial charge in [-0.1, -0.05) is 23.7 Å². The van der Waals surface area contributed by atoms with Crippen LogP contribution in [0.5, 0.6) is 0 Å². The van der Waals surface area contributed by atoms with Crippen molar-refractivity contribution in [1.82, 2.24) is 14.6 Å². The van der Waals surface area contributed by atoms with E-state index in [1.165, 1.54) is 0 Å². The molecular formula is C12H10ClN3. The molecule has 16 heavy (non-hydrogen) atoms. The van der Waals surface area contributed by atoms with E-state index in [1.807, 2.05) is 41.9 Å².